The number of nitrogens with one attached hydrogen (secondary N) is 6. The third-order valence-electron chi connectivity index (χ3n) is 25.7. The van der Waals surface area contributed by atoms with Crippen LogP contribution >= 0.6 is 0 Å². The first-order valence-corrected chi connectivity index (χ1v) is 46.1. The molecule has 6 atom stereocenters. The van der Waals surface area contributed by atoms with Crippen LogP contribution < -0.4 is 62.5 Å². The van der Waals surface area contributed by atoms with Crippen molar-refractivity contribution in [2.24, 2.45) is 0 Å². The third kappa shape index (κ3) is 29.2. The Morgan fingerprint density at radius 2 is 0.295 bits per heavy atom. The summed E-state index contributed by atoms with van der Waals surface area (Å²) in [4.78, 5) is 0. The molecule has 0 bridgehead atoms. The van der Waals surface area contributed by atoms with Crippen molar-refractivity contribution < 1.29 is 64.8 Å². The van der Waals surface area contributed by atoms with Crippen molar-refractivity contribution in [3.8, 4) is 34.5 Å². The zero-order valence-electron chi connectivity index (χ0n) is 83.3. The summed E-state index contributed by atoms with van der Waals surface area (Å²) in [6.45, 7) is 81.4. The van der Waals surface area contributed by atoms with Gasteiger partial charge >= 0.3 is 34.1 Å². The molecule has 3 saturated carbocycles. The van der Waals surface area contributed by atoms with Gasteiger partial charge in [0.15, 0.2) is 0 Å². The van der Waals surface area contributed by atoms with Crippen LogP contribution in [0.4, 0.5) is 0 Å². The summed E-state index contributed by atoms with van der Waals surface area (Å²) in [6.07, 6.45) is 13.5. The van der Waals surface area contributed by atoms with Crippen molar-refractivity contribution in [3.63, 3.8) is 0 Å². The van der Waals surface area contributed by atoms with E-state index in [4.69, 9.17) is 0 Å². The van der Waals surface area contributed by atoms with E-state index in [1.165, 1.54) is 71.9 Å². The molecule has 3 aliphatic rings. The number of rotatable bonds is 18. The molecule has 0 unspecified atom stereocenters. The van der Waals surface area contributed by atoms with Crippen LogP contribution in [0.3, 0.4) is 0 Å². The summed E-state index contributed by atoms with van der Waals surface area (Å²) < 4.78 is 0. The van der Waals surface area contributed by atoms with Gasteiger partial charge in [-0.1, -0.05) is 361 Å². The second-order valence-electron chi connectivity index (χ2n) is 48.9. The van der Waals surface area contributed by atoms with Crippen molar-refractivity contribution in [1.82, 2.24) is 31.9 Å². The molecule has 0 aromatic heterocycles. The van der Waals surface area contributed by atoms with Gasteiger partial charge in [0.05, 0.1) is 0 Å². The Kier molecular flexibility index (Phi) is 36.2. The predicted octanol–water partition coefficient (Wildman–Crippen LogP) is 21.6. The first-order valence-electron chi connectivity index (χ1n) is 46.1. The van der Waals surface area contributed by atoms with E-state index in [-0.39, 0.29) is 170 Å². The molecule has 0 amide bonds. The van der Waals surface area contributed by atoms with Gasteiger partial charge < -0.3 is 62.5 Å². The molecule has 0 aliphatic heterocycles. The van der Waals surface area contributed by atoms with Crippen LogP contribution in [0.15, 0.2) is 72.8 Å². The molecule has 6 aromatic carbocycles. The Bertz CT molecular complexity index is 3690. The SMILES string of the molecule is CC(C)(C)c1cc(CN[C@H]2CCCC[C@@H]2NCc2cc(C(C)(C)C)cc(C(C)(C)C)c2[O-])c([O-])c(C(C)(C)C)c1.CC(C)(C)c1cc(CN[C@H]2CCCC[C@@H]2NCc2cc(C(C)(C)C)cc(C(C)(C)C)c2[O-])c([O-])c(C(C)(C)C)c1.CC(C)(C)c1cc(CN[C@H]2CCCC[C@@H]2NCc2cc(C(C)(C)C)cc(C(C)(C)C)c2[O-])c([O-])c(C(C)(C)C)c1.[Mn+3].[Mn+3]. The van der Waals surface area contributed by atoms with Gasteiger partial charge in [0.25, 0.3) is 0 Å². The first kappa shape index (κ1) is 107. The van der Waals surface area contributed by atoms with Crippen LogP contribution in [0, 0.1) is 0 Å². The van der Waals surface area contributed by atoms with Crippen molar-refractivity contribution in [2.75, 3.05) is 0 Å². The fourth-order valence-corrected chi connectivity index (χ4v) is 17.2. The maximum Gasteiger partial charge on any atom is 3.00 e. The van der Waals surface area contributed by atoms with Gasteiger partial charge in [0, 0.05) is 75.5 Å². The molecule has 6 aromatic rings. The van der Waals surface area contributed by atoms with Gasteiger partial charge in [-0.2, -0.15) is 0 Å². The van der Waals surface area contributed by atoms with E-state index in [9.17, 15) is 30.6 Å². The average Bonchev–Trinajstić information content (AvgIpc) is 0.808. The number of hydrogen-bond acceptors (Lipinski definition) is 12. The molecule has 0 radical (unpaired) electrons. The van der Waals surface area contributed by atoms with Crippen LogP contribution in [0.2, 0.25) is 0 Å². The first-order chi connectivity index (χ1) is 54.6. The fourth-order valence-electron chi connectivity index (χ4n) is 17.2. The monoisotopic (exact) mass is 1760 g/mol. The van der Waals surface area contributed by atoms with Crippen LogP contribution in [0.1, 0.15) is 426 Å². The van der Waals surface area contributed by atoms with E-state index in [1.807, 2.05) is 0 Å². The van der Waals surface area contributed by atoms with E-state index in [2.05, 4.69) is 354 Å². The molecule has 14 heteroatoms. The van der Waals surface area contributed by atoms with Crippen LogP contribution in [0.5, 0.6) is 34.5 Å². The second kappa shape index (κ2) is 41.1. The Hall–Kier alpha value is -5.08. The molecular formula is C108H168Mn2N6O6. The average molecular weight is 1760 g/mol. The molecule has 0 heterocycles. The summed E-state index contributed by atoms with van der Waals surface area (Å²) in [5, 5.41) is 104. The van der Waals surface area contributed by atoms with E-state index in [0.29, 0.717) is 39.3 Å². The summed E-state index contributed by atoms with van der Waals surface area (Å²) >= 11 is 0. The van der Waals surface area contributed by atoms with E-state index < -0.39 is 0 Å². The minimum absolute atomic E-state index is 0. The summed E-state index contributed by atoms with van der Waals surface area (Å²) in [5.41, 5.74) is 16.4. The molecule has 0 saturated heterocycles. The normalized spacial score (nSPS) is 18.9. The number of benzene rings is 6. The van der Waals surface area contributed by atoms with Crippen LogP contribution in [-0.4, -0.2) is 36.3 Å². The van der Waals surface area contributed by atoms with Gasteiger partial charge in [-0.05, 0) is 204 Å². The van der Waals surface area contributed by atoms with Gasteiger partial charge in [-0.3, -0.25) is 0 Å². The predicted molar refractivity (Wildman–Crippen MR) is 499 cm³/mol. The zero-order chi connectivity index (χ0) is 90.8. The quantitative estimate of drug-likeness (QED) is 0.0444. The Balaban J connectivity index is 0.000000323. The molecular weight excluding hydrogens is 1590 g/mol. The summed E-state index contributed by atoms with van der Waals surface area (Å²) in [5.74, 6) is 0.989. The standard InChI is InChI=1S/3C36H58N2O2.2Mn/c3*1-33(2,3)25-17-23(31(39)27(19-25)35(7,8)9)21-37-29-15-13-14-16-30(29)38-22-24-18-26(34(4,5)6)20-28(32(24)40)36(10,11)12;;/h3*17-20,29-30,37-40H,13-16,21-22H2,1-12H3;;/q;;;2*+3/p-6/t3*29-,30-;;/m000../s1. The summed E-state index contributed by atoms with van der Waals surface area (Å²) in [6, 6.07) is 27.0. The molecule has 122 heavy (non-hydrogen) atoms. The van der Waals surface area contributed by atoms with Crippen molar-refractivity contribution in [1.29, 1.82) is 0 Å². The molecule has 9 rings (SSSR count). The molecule has 3 fully saturated rings. The molecule has 0 spiro atoms. The van der Waals surface area contributed by atoms with E-state index in [0.717, 1.165) is 105 Å². The smallest absolute Gasteiger partial charge is 0.872 e. The molecule has 12 nitrogen and oxygen atoms in total. The van der Waals surface area contributed by atoms with Gasteiger partial charge in [0.2, 0.25) is 0 Å². The molecule has 680 valence electrons. The fraction of sp³-hybridized carbons (Fsp3) is 0.667. The van der Waals surface area contributed by atoms with Crippen LogP contribution in [-0.2, 0) is 138 Å². The molecule has 3 aliphatic carbocycles. The van der Waals surface area contributed by atoms with Crippen molar-refractivity contribution in [2.45, 2.75) is 467 Å². The van der Waals surface area contributed by atoms with Gasteiger partial charge in [0.1, 0.15) is 0 Å². The maximum absolute atomic E-state index is 13.5. The number of hydrogen-bond donors (Lipinski definition) is 6. The van der Waals surface area contributed by atoms with E-state index in [1.54, 1.807) is 0 Å². The Morgan fingerprint density at radius 1 is 0.189 bits per heavy atom. The Morgan fingerprint density at radius 3 is 0.385 bits per heavy atom. The molecule has 6 N–H and O–H groups in total. The topological polar surface area (TPSA) is 211 Å². The third-order valence-corrected chi connectivity index (χ3v) is 25.7. The van der Waals surface area contributed by atoms with Gasteiger partial charge in [-0.15, -0.1) is 34.5 Å². The largest absolute Gasteiger partial charge is 3.00 e. The van der Waals surface area contributed by atoms with Crippen molar-refractivity contribution >= 4 is 0 Å². The zero-order valence-corrected chi connectivity index (χ0v) is 85.7. The van der Waals surface area contributed by atoms with Gasteiger partial charge in [-0.25, -0.2) is 0 Å². The maximum atomic E-state index is 13.5. The summed E-state index contributed by atoms with van der Waals surface area (Å²) in [7, 11) is 0. The van der Waals surface area contributed by atoms with E-state index >= 15 is 0 Å². The second-order valence-corrected chi connectivity index (χ2v) is 48.9. The van der Waals surface area contributed by atoms with Crippen molar-refractivity contribution in [3.05, 3.63) is 173 Å². The minimum Gasteiger partial charge on any atom is -0.872 e. The van der Waals surface area contributed by atoms with Crippen LogP contribution in [0.25, 0.3) is 0 Å². The Labute approximate surface area is 765 Å². The minimum atomic E-state index is -0.203.